The van der Waals surface area contributed by atoms with Gasteiger partial charge in [-0.2, -0.15) is 0 Å². The van der Waals surface area contributed by atoms with E-state index in [2.05, 4.69) is 30.5 Å². The van der Waals surface area contributed by atoms with Crippen LogP contribution in [0.3, 0.4) is 0 Å². The second-order valence-electron chi connectivity index (χ2n) is 15.4. The van der Waals surface area contributed by atoms with E-state index < -0.39 is 51.8 Å². The number of hydrogen-bond acceptors (Lipinski definition) is 9. The maximum atomic E-state index is 12.6. The first-order valence-electron chi connectivity index (χ1n) is 22.6. The van der Waals surface area contributed by atoms with Gasteiger partial charge in [0.2, 0.25) is 0 Å². The predicted molar refractivity (Wildman–Crippen MR) is 224 cm³/mol. The molecule has 0 saturated heterocycles. The van der Waals surface area contributed by atoms with Gasteiger partial charge in [-0.15, -0.1) is 0 Å². The van der Waals surface area contributed by atoms with Crippen LogP contribution in [0.25, 0.3) is 0 Å². The van der Waals surface area contributed by atoms with Crippen molar-refractivity contribution in [3.8, 4) is 0 Å². The third-order valence-electron chi connectivity index (χ3n) is 9.92. The molecule has 3 N–H and O–H groups in total. The number of aliphatic hydroxyl groups is 2. The highest BCUT2D eigenvalue weighted by Gasteiger charge is 2.27. The minimum Gasteiger partial charge on any atom is -0.462 e. The molecule has 0 radical (unpaired) electrons. The average molecular weight is 805 g/mol. The summed E-state index contributed by atoms with van der Waals surface area (Å²) < 4.78 is 32.6. The lowest BCUT2D eigenvalue weighted by Crippen LogP contribution is -2.29. The fourth-order valence-corrected chi connectivity index (χ4v) is 7.20. The number of allylic oxidation sites excluding steroid dienone is 2. The van der Waals surface area contributed by atoms with Gasteiger partial charge in [0.05, 0.1) is 19.8 Å². The molecule has 11 heteroatoms. The maximum absolute atomic E-state index is 12.6. The number of rotatable bonds is 43. The molecule has 10 nitrogen and oxygen atoms in total. The summed E-state index contributed by atoms with van der Waals surface area (Å²) in [5, 5.41) is 18.3. The van der Waals surface area contributed by atoms with E-state index in [1.54, 1.807) is 0 Å². The summed E-state index contributed by atoms with van der Waals surface area (Å²) >= 11 is 0. The van der Waals surface area contributed by atoms with Crippen LogP contribution >= 0.6 is 7.82 Å². The molecule has 3 atom stereocenters. The van der Waals surface area contributed by atoms with Crippen LogP contribution < -0.4 is 0 Å². The van der Waals surface area contributed by atoms with Gasteiger partial charge in [0.25, 0.3) is 0 Å². The summed E-state index contributed by atoms with van der Waals surface area (Å²) in [7, 11) is -4.61. The van der Waals surface area contributed by atoms with Gasteiger partial charge in [0.1, 0.15) is 12.7 Å². The summed E-state index contributed by atoms with van der Waals surface area (Å²) in [6, 6.07) is 0. The zero-order valence-corrected chi connectivity index (χ0v) is 36.3. The van der Waals surface area contributed by atoms with E-state index in [9.17, 15) is 24.2 Å². The van der Waals surface area contributed by atoms with Gasteiger partial charge in [-0.3, -0.25) is 18.6 Å². The van der Waals surface area contributed by atoms with Crippen LogP contribution in [0.1, 0.15) is 219 Å². The highest BCUT2D eigenvalue weighted by atomic mass is 31.2. The quantitative estimate of drug-likeness (QED) is 0.0235. The van der Waals surface area contributed by atoms with Gasteiger partial charge < -0.3 is 24.6 Å². The Morgan fingerprint density at radius 1 is 0.527 bits per heavy atom. The van der Waals surface area contributed by atoms with Crippen molar-refractivity contribution in [2.75, 3.05) is 26.4 Å². The highest BCUT2D eigenvalue weighted by Crippen LogP contribution is 2.43. The molecule has 326 valence electrons. The topological polar surface area (TPSA) is 149 Å². The molecule has 0 aliphatic carbocycles. The molecular formula is C44H85O10P. The van der Waals surface area contributed by atoms with Crippen LogP contribution in [0.5, 0.6) is 0 Å². The monoisotopic (exact) mass is 805 g/mol. The highest BCUT2D eigenvalue weighted by molar-refractivity contribution is 7.47. The van der Waals surface area contributed by atoms with E-state index in [0.717, 1.165) is 32.1 Å². The van der Waals surface area contributed by atoms with Crippen molar-refractivity contribution in [1.29, 1.82) is 0 Å². The zero-order chi connectivity index (χ0) is 40.5. The van der Waals surface area contributed by atoms with Crippen molar-refractivity contribution < 1.29 is 47.8 Å². The first kappa shape index (κ1) is 53.7. The number of aliphatic hydroxyl groups excluding tert-OH is 2. The van der Waals surface area contributed by atoms with Gasteiger partial charge in [-0.05, 0) is 32.1 Å². The van der Waals surface area contributed by atoms with E-state index >= 15 is 0 Å². The van der Waals surface area contributed by atoms with E-state index in [0.29, 0.717) is 12.8 Å². The summed E-state index contributed by atoms with van der Waals surface area (Å²) in [5.41, 5.74) is 0. The van der Waals surface area contributed by atoms with Crippen molar-refractivity contribution in [3.05, 3.63) is 12.2 Å². The Morgan fingerprint density at radius 2 is 0.909 bits per heavy atom. The number of esters is 2. The van der Waals surface area contributed by atoms with E-state index in [1.807, 2.05) is 0 Å². The van der Waals surface area contributed by atoms with E-state index in [1.165, 1.54) is 148 Å². The second kappa shape index (κ2) is 40.9. The number of phosphoric acid groups is 1. The number of unbranched alkanes of at least 4 members (excludes halogenated alkanes) is 27. The molecule has 0 heterocycles. The van der Waals surface area contributed by atoms with Crippen molar-refractivity contribution >= 4 is 19.8 Å². The Morgan fingerprint density at radius 3 is 1.36 bits per heavy atom. The lowest BCUT2D eigenvalue weighted by molar-refractivity contribution is -0.161. The van der Waals surface area contributed by atoms with Crippen molar-refractivity contribution in [2.45, 2.75) is 232 Å². The maximum Gasteiger partial charge on any atom is 0.472 e. The van der Waals surface area contributed by atoms with Crippen LogP contribution in [0, 0.1) is 0 Å². The number of hydrogen-bond donors (Lipinski definition) is 3. The molecule has 0 aliphatic rings. The lowest BCUT2D eigenvalue weighted by atomic mass is 10.0. The fourth-order valence-electron chi connectivity index (χ4n) is 6.41. The zero-order valence-electron chi connectivity index (χ0n) is 35.4. The van der Waals surface area contributed by atoms with Crippen molar-refractivity contribution in [3.63, 3.8) is 0 Å². The summed E-state index contributed by atoms with van der Waals surface area (Å²) in [6.07, 6.45) is 39.3. The molecule has 0 spiro atoms. The molecule has 0 aliphatic heterocycles. The normalized spacial score (nSPS) is 13.9. The van der Waals surface area contributed by atoms with Crippen LogP contribution in [-0.4, -0.2) is 65.7 Å². The van der Waals surface area contributed by atoms with Gasteiger partial charge in [0, 0.05) is 12.8 Å². The van der Waals surface area contributed by atoms with Crippen molar-refractivity contribution in [1.82, 2.24) is 0 Å². The number of ether oxygens (including phenoxy) is 2. The molecule has 0 saturated carbocycles. The number of carbonyl (C=O) groups excluding carboxylic acids is 2. The predicted octanol–water partition coefficient (Wildman–Crippen LogP) is 12.0. The Bertz CT molecular complexity index is 930. The largest absolute Gasteiger partial charge is 0.472 e. The average Bonchev–Trinajstić information content (AvgIpc) is 3.17. The molecule has 0 aromatic carbocycles. The molecule has 55 heavy (non-hydrogen) atoms. The summed E-state index contributed by atoms with van der Waals surface area (Å²) in [4.78, 5) is 34.9. The lowest BCUT2D eigenvalue weighted by Gasteiger charge is -2.20. The minimum absolute atomic E-state index is 0.141. The second-order valence-corrected chi connectivity index (χ2v) is 16.9. The Hall–Kier alpha value is -1.29. The Kier molecular flexibility index (Phi) is 39.9. The Balaban J connectivity index is 4.14. The van der Waals surface area contributed by atoms with Crippen LogP contribution in [0.15, 0.2) is 12.2 Å². The van der Waals surface area contributed by atoms with E-state index in [-0.39, 0.29) is 19.4 Å². The van der Waals surface area contributed by atoms with Gasteiger partial charge in [-0.1, -0.05) is 187 Å². The molecule has 0 rings (SSSR count). The molecule has 0 aromatic heterocycles. The molecule has 0 aromatic rings. The first-order chi connectivity index (χ1) is 26.7. The smallest absolute Gasteiger partial charge is 0.462 e. The molecule has 0 fully saturated rings. The summed E-state index contributed by atoms with van der Waals surface area (Å²) in [6.45, 7) is 2.35. The standard InChI is InChI=1S/C44H85O10P/c1-3-5-7-9-11-13-14-15-16-17-18-19-20-21-22-23-24-25-26-28-30-32-34-36-44(48)54-42(40-53-55(49,50)52-38-41(46)37-45)39-51-43(47)35-33-31-29-27-12-10-8-6-4-2/h28,30,41-42,45-46H,3-27,29,31-40H2,1-2H3,(H,49,50)/b30-28+/t41-,42+/m0/s1. The first-order valence-corrected chi connectivity index (χ1v) is 24.1. The molecule has 0 bridgehead atoms. The van der Waals surface area contributed by atoms with Gasteiger partial charge in [-0.25, -0.2) is 4.57 Å². The van der Waals surface area contributed by atoms with Crippen LogP contribution in [-0.2, 0) is 32.7 Å². The van der Waals surface area contributed by atoms with Crippen molar-refractivity contribution in [2.24, 2.45) is 0 Å². The van der Waals surface area contributed by atoms with E-state index in [4.69, 9.17) is 19.1 Å². The van der Waals surface area contributed by atoms with Crippen LogP contribution in [0.2, 0.25) is 0 Å². The SMILES string of the molecule is CCCCCCCCCCCCCCCCCCCC/C=C/CCCC(=O)O[C@H](COC(=O)CCCCCCCCCCC)COP(=O)(O)OC[C@@H](O)CO. The number of phosphoric ester groups is 1. The fraction of sp³-hybridized carbons (Fsp3) is 0.909. The number of carbonyl (C=O) groups is 2. The van der Waals surface area contributed by atoms with Gasteiger partial charge >= 0.3 is 19.8 Å². The molecule has 1 unspecified atom stereocenters. The minimum atomic E-state index is -4.61. The third-order valence-corrected chi connectivity index (χ3v) is 10.9. The molecule has 0 amide bonds. The van der Waals surface area contributed by atoms with Gasteiger partial charge in [0.15, 0.2) is 6.10 Å². The molecular weight excluding hydrogens is 719 g/mol. The summed E-state index contributed by atoms with van der Waals surface area (Å²) in [5.74, 6) is -0.955. The third kappa shape index (κ3) is 40.7. The Labute approximate surface area is 336 Å². The van der Waals surface area contributed by atoms with Crippen LogP contribution in [0.4, 0.5) is 0 Å².